The minimum Gasteiger partial charge on any atom is -0.465 e. The number of hydrogen-bond donors (Lipinski definition) is 0. The van der Waals surface area contributed by atoms with E-state index in [1.165, 1.54) is 0 Å². The van der Waals surface area contributed by atoms with Crippen molar-refractivity contribution in [3.05, 3.63) is 29.3 Å². The van der Waals surface area contributed by atoms with Crippen LogP contribution in [0.5, 0.6) is 5.75 Å². The molecule has 1 aromatic carbocycles. The quantitative estimate of drug-likeness (QED) is 0.182. The number of benzene rings is 1. The average Bonchev–Trinajstić information content (AvgIpc) is 2.73. The van der Waals surface area contributed by atoms with E-state index in [-0.39, 0.29) is 49.5 Å². The highest BCUT2D eigenvalue weighted by atomic mass is 19.4. The molecule has 6 nitrogen and oxygen atoms in total. The zero-order chi connectivity index (χ0) is 28.8. The van der Waals surface area contributed by atoms with E-state index in [1.54, 1.807) is 13.8 Å². The summed E-state index contributed by atoms with van der Waals surface area (Å²) < 4.78 is 93.0. The van der Waals surface area contributed by atoms with Crippen LogP contribution in [0.1, 0.15) is 65.5 Å². The predicted octanol–water partition coefficient (Wildman–Crippen LogP) is 6.45. The lowest BCUT2D eigenvalue weighted by Gasteiger charge is -2.35. The first-order chi connectivity index (χ1) is 16.8. The summed E-state index contributed by atoms with van der Waals surface area (Å²) in [5.74, 6) is -4.46. The number of carbonyl (C=O) groups is 3. The van der Waals surface area contributed by atoms with Crippen molar-refractivity contribution in [3.63, 3.8) is 0 Å². The number of ether oxygens (including phenoxy) is 3. The molecule has 1 unspecified atom stereocenters. The summed E-state index contributed by atoms with van der Waals surface area (Å²) in [6.07, 6.45) is -10.4. The maximum atomic E-state index is 13.1. The Bertz CT molecular complexity index is 920. The van der Waals surface area contributed by atoms with Gasteiger partial charge in [0.25, 0.3) is 0 Å². The molecule has 0 amide bonds. The third kappa shape index (κ3) is 9.88. The Labute approximate surface area is 211 Å². The SMILES string of the molecule is CC(C)COC(=O)CC(CC(C)C)(C(=O)OCC(=O)Oc1cc(C(F)(F)F)cc(C(F)(F)F)c1)C(C)C. The van der Waals surface area contributed by atoms with Crippen LogP contribution in [0.4, 0.5) is 26.3 Å². The topological polar surface area (TPSA) is 78.9 Å². The first-order valence-electron chi connectivity index (χ1n) is 11.6. The van der Waals surface area contributed by atoms with Gasteiger partial charge in [-0.3, -0.25) is 9.59 Å². The molecule has 0 aromatic heterocycles. The van der Waals surface area contributed by atoms with Crippen molar-refractivity contribution < 1.29 is 54.9 Å². The van der Waals surface area contributed by atoms with Crippen LogP contribution in [0.25, 0.3) is 0 Å². The zero-order valence-electron chi connectivity index (χ0n) is 21.5. The van der Waals surface area contributed by atoms with Gasteiger partial charge in [-0.25, -0.2) is 4.79 Å². The minimum atomic E-state index is -5.13. The van der Waals surface area contributed by atoms with Crippen molar-refractivity contribution in [2.24, 2.45) is 23.2 Å². The molecule has 0 saturated heterocycles. The van der Waals surface area contributed by atoms with Crippen molar-refractivity contribution in [1.29, 1.82) is 0 Å². The molecule has 0 heterocycles. The van der Waals surface area contributed by atoms with Crippen LogP contribution in [-0.2, 0) is 36.2 Å². The first-order valence-corrected chi connectivity index (χ1v) is 11.6. The molecule has 0 aliphatic carbocycles. The normalized spacial score (nSPS) is 14.0. The number of carbonyl (C=O) groups excluding carboxylic acids is 3. The molecular weight excluding hydrogens is 510 g/mol. The molecule has 1 atom stereocenters. The van der Waals surface area contributed by atoms with E-state index in [9.17, 15) is 40.7 Å². The second kappa shape index (κ2) is 12.6. The van der Waals surface area contributed by atoms with Crippen molar-refractivity contribution in [2.75, 3.05) is 13.2 Å². The summed E-state index contributed by atoms with van der Waals surface area (Å²) in [6.45, 7) is 9.68. The Morgan fingerprint density at radius 1 is 0.757 bits per heavy atom. The van der Waals surface area contributed by atoms with Gasteiger partial charge in [0.2, 0.25) is 0 Å². The van der Waals surface area contributed by atoms with Gasteiger partial charge in [-0.2, -0.15) is 26.3 Å². The van der Waals surface area contributed by atoms with E-state index in [1.807, 2.05) is 27.7 Å². The summed E-state index contributed by atoms with van der Waals surface area (Å²) >= 11 is 0. The largest absolute Gasteiger partial charge is 0.465 e. The monoisotopic (exact) mass is 542 g/mol. The Balaban J connectivity index is 3.10. The van der Waals surface area contributed by atoms with Gasteiger partial charge in [-0.15, -0.1) is 0 Å². The van der Waals surface area contributed by atoms with Crippen molar-refractivity contribution in [3.8, 4) is 5.75 Å². The molecule has 0 N–H and O–H groups in total. The van der Waals surface area contributed by atoms with Crippen molar-refractivity contribution in [1.82, 2.24) is 0 Å². The van der Waals surface area contributed by atoms with Gasteiger partial charge in [0.15, 0.2) is 6.61 Å². The Morgan fingerprint density at radius 3 is 1.68 bits per heavy atom. The average molecular weight is 543 g/mol. The molecule has 210 valence electrons. The van der Waals surface area contributed by atoms with Gasteiger partial charge in [0, 0.05) is 0 Å². The van der Waals surface area contributed by atoms with E-state index in [0.717, 1.165) is 0 Å². The van der Waals surface area contributed by atoms with Crippen LogP contribution in [0.2, 0.25) is 0 Å². The summed E-state index contributed by atoms with van der Waals surface area (Å²) in [7, 11) is 0. The number of esters is 3. The lowest BCUT2D eigenvalue weighted by atomic mass is 9.69. The molecule has 0 radical (unpaired) electrons. The van der Waals surface area contributed by atoms with Gasteiger partial charge in [0.05, 0.1) is 29.6 Å². The summed E-state index contributed by atoms with van der Waals surface area (Å²) in [4.78, 5) is 37.8. The van der Waals surface area contributed by atoms with Crippen LogP contribution < -0.4 is 4.74 Å². The van der Waals surface area contributed by atoms with Gasteiger partial charge in [0.1, 0.15) is 5.75 Å². The summed E-state index contributed by atoms with van der Waals surface area (Å²) in [5, 5.41) is 0. The van der Waals surface area contributed by atoms with Crippen LogP contribution in [0, 0.1) is 23.2 Å². The molecular formula is C25H32F6O6. The lowest BCUT2D eigenvalue weighted by molar-refractivity contribution is -0.171. The predicted molar refractivity (Wildman–Crippen MR) is 120 cm³/mol. The second-order valence-electron chi connectivity index (χ2n) is 9.95. The highest BCUT2D eigenvalue weighted by Crippen LogP contribution is 2.41. The fourth-order valence-corrected chi connectivity index (χ4v) is 3.61. The number of rotatable bonds is 11. The van der Waals surface area contributed by atoms with Gasteiger partial charge in [-0.1, -0.05) is 41.5 Å². The lowest BCUT2D eigenvalue weighted by Crippen LogP contribution is -2.42. The zero-order valence-corrected chi connectivity index (χ0v) is 21.5. The molecule has 0 spiro atoms. The van der Waals surface area contributed by atoms with E-state index in [4.69, 9.17) is 9.47 Å². The molecule has 37 heavy (non-hydrogen) atoms. The molecule has 1 rings (SSSR count). The molecule has 12 heteroatoms. The Kier molecular flexibility index (Phi) is 11.0. The van der Waals surface area contributed by atoms with Gasteiger partial charge in [-0.05, 0) is 42.4 Å². The molecule has 0 fully saturated rings. The molecule has 0 bridgehead atoms. The van der Waals surface area contributed by atoms with E-state index >= 15 is 0 Å². The van der Waals surface area contributed by atoms with Crippen LogP contribution >= 0.6 is 0 Å². The summed E-state index contributed by atoms with van der Waals surface area (Å²) in [5.41, 5.74) is -4.72. The highest BCUT2D eigenvalue weighted by molar-refractivity contribution is 5.85. The first kappa shape index (κ1) is 32.2. The summed E-state index contributed by atoms with van der Waals surface area (Å²) in [6, 6.07) is 0.354. The Hall–Kier alpha value is -2.79. The van der Waals surface area contributed by atoms with Crippen molar-refractivity contribution in [2.45, 2.75) is 66.7 Å². The van der Waals surface area contributed by atoms with E-state index in [2.05, 4.69) is 4.74 Å². The highest BCUT2D eigenvalue weighted by Gasteiger charge is 2.46. The van der Waals surface area contributed by atoms with E-state index < -0.39 is 65.1 Å². The van der Waals surface area contributed by atoms with Crippen molar-refractivity contribution >= 4 is 17.9 Å². The van der Waals surface area contributed by atoms with Crippen LogP contribution in [-0.4, -0.2) is 31.1 Å². The standard InChI is InChI=1S/C25H32F6O6/c1-14(2)10-23(16(5)6,11-20(32)35-12-15(3)4)22(34)36-13-21(33)37-19-8-17(24(26,27)28)7-18(9-19)25(29,30)31/h7-9,14-16H,10-13H2,1-6H3. The van der Waals surface area contributed by atoms with Gasteiger partial charge < -0.3 is 14.2 Å². The second-order valence-corrected chi connectivity index (χ2v) is 9.95. The third-order valence-electron chi connectivity index (χ3n) is 5.44. The molecule has 0 aliphatic heterocycles. The molecule has 0 aliphatic rings. The number of halogens is 6. The Morgan fingerprint density at radius 2 is 1.27 bits per heavy atom. The fraction of sp³-hybridized carbons (Fsp3) is 0.640. The third-order valence-corrected chi connectivity index (χ3v) is 5.44. The van der Waals surface area contributed by atoms with E-state index in [0.29, 0.717) is 0 Å². The number of alkyl halides is 6. The maximum absolute atomic E-state index is 13.1. The molecule has 0 saturated carbocycles. The fourth-order valence-electron chi connectivity index (χ4n) is 3.61. The van der Waals surface area contributed by atoms with Crippen LogP contribution in [0.3, 0.4) is 0 Å². The minimum absolute atomic E-state index is 0.0536. The maximum Gasteiger partial charge on any atom is 0.416 e. The van der Waals surface area contributed by atoms with Gasteiger partial charge >= 0.3 is 30.3 Å². The smallest absolute Gasteiger partial charge is 0.416 e. The molecule has 1 aromatic rings. The van der Waals surface area contributed by atoms with Crippen LogP contribution in [0.15, 0.2) is 18.2 Å². The number of hydrogen-bond acceptors (Lipinski definition) is 6.